The highest BCUT2D eigenvalue weighted by Gasteiger charge is 2.26. The van der Waals surface area contributed by atoms with Crippen LogP contribution in [0.2, 0.25) is 0 Å². The van der Waals surface area contributed by atoms with Crippen molar-refractivity contribution in [2.75, 3.05) is 12.8 Å². The van der Waals surface area contributed by atoms with Gasteiger partial charge in [-0.3, -0.25) is 14.9 Å². The molecule has 0 saturated carbocycles. The molecule has 0 aromatic heterocycles. The van der Waals surface area contributed by atoms with Gasteiger partial charge in [-0.2, -0.15) is 0 Å². The number of anilines is 1. The van der Waals surface area contributed by atoms with Crippen molar-refractivity contribution in [3.8, 4) is 0 Å². The zero-order chi connectivity index (χ0) is 14.7. The largest absolute Gasteiger partial charge is 0.396 e. The first-order valence-electron chi connectivity index (χ1n) is 5.80. The molecular formula is C12H16FN3O3. The van der Waals surface area contributed by atoms with Gasteiger partial charge >= 0.3 is 0 Å². The number of amides is 1. The molecule has 0 saturated heterocycles. The Morgan fingerprint density at radius 3 is 2.63 bits per heavy atom. The van der Waals surface area contributed by atoms with Crippen molar-refractivity contribution >= 4 is 17.3 Å². The third-order valence-electron chi connectivity index (χ3n) is 3.11. The summed E-state index contributed by atoms with van der Waals surface area (Å²) >= 11 is 0. The fourth-order valence-corrected chi connectivity index (χ4v) is 1.57. The summed E-state index contributed by atoms with van der Waals surface area (Å²) in [6, 6.07) is 1.60. The van der Waals surface area contributed by atoms with Crippen molar-refractivity contribution in [3.63, 3.8) is 0 Å². The lowest BCUT2D eigenvalue weighted by molar-refractivity contribution is -0.385. The minimum Gasteiger partial charge on any atom is -0.396 e. The Kier molecular flexibility index (Phi) is 4.42. The van der Waals surface area contributed by atoms with Gasteiger partial charge < -0.3 is 10.6 Å². The minimum atomic E-state index is -0.908. The maximum Gasteiger partial charge on any atom is 0.285 e. The van der Waals surface area contributed by atoms with Crippen molar-refractivity contribution in [2.24, 2.45) is 0 Å². The summed E-state index contributed by atoms with van der Waals surface area (Å²) in [5.41, 5.74) is 4.30. The minimum absolute atomic E-state index is 0.0848. The van der Waals surface area contributed by atoms with Gasteiger partial charge in [0.25, 0.3) is 11.6 Å². The zero-order valence-corrected chi connectivity index (χ0v) is 11.0. The van der Waals surface area contributed by atoms with Gasteiger partial charge in [0.2, 0.25) is 0 Å². The topological polar surface area (TPSA) is 89.5 Å². The van der Waals surface area contributed by atoms with Gasteiger partial charge in [-0.05, 0) is 19.4 Å². The standard InChI is InChI=1S/C12H16FN3O3/c1-4-7(2)15(3)12(17)8-5-10(14)9(13)6-11(8)16(18)19/h5-7H,4,14H2,1-3H3. The number of rotatable bonds is 4. The highest BCUT2D eigenvalue weighted by molar-refractivity contribution is 5.99. The molecule has 0 aliphatic carbocycles. The van der Waals surface area contributed by atoms with E-state index in [1.807, 2.05) is 13.8 Å². The van der Waals surface area contributed by atoms with Crippen LogP contribution < -0.4 is 5.73 Å². The number of nitro benzene ring substituents is 1. The smallest absolute Gasteiger partial charge is 0.285 e. The monoisotopic (exact) mass is 269 g/mol. The molecule has 19 heavy (non-hydrogen) atoms. The lowest BCUT2D eigenvalue weighted by atomic mass is 10.1. The second kappa shape index (κ2) is 5.64. The van der Waals surface area contributed by atoms with Gasteiger partial charge in [0.05, 0.1) is 16.7 Å². The van der Waals surface area contributed by atoms with E-state index in [9.17, 15) is 19.3 Å². The average molecular weight is 269 g/mol. The fourth-order valence-electron chi connectivity index (χ4n) is 1.57. The normalized spacial score (nSPS) is 12.0. The van der Waals surface area contributed by atoms with Gasteiger partial charge in [-0.1, -0.05) is 6.92 Å². The Labute approximate surface area is 110 Å². The van der Waals surface area contributed by atoms with Gasteiger partial charge in [-0.15, -0.1) is 0 Å². The number of halogens is 1. The van der Waals surface area contributed by atoms with Crippen LogP contribution in [0.25, 0.3) is 0 Å². The van der Waals surface area contributed by atoms with Crippen LogP contribution in [0, 0.1) is 15.9 Å². The Balaban J connectivity index is 3.29. The van der Waals surface area contributed by atoms with Gasteiger partial charge in [0.15, 0.2) is 5.82 Å². The van der Waals surface area contributed by atoms with E-state index in [1.54, 1.807) is 7.05 Å². The van der Waals surface area contributed by atoms with E-state index >= 15 is 0 Å². The number of carbonyl (C=O) groups excluding carboxylic acids is 1. The van der Waals surface area contributed by atoms with Gasteiger partial charge in [0, 0.05) is 13.1 Å². The lowest BCUT2D eigenvalue weighted by Crippen LogP contribution is -2.35. The first kappa shape index (κ1) is 14.9. The van der Waals surface area contributed by atoms with E-state index in [-0.39, 0.29) is 17.3 Å². The molecular weight excluding hydrogens is 253 g/mol. The Morgan fingerprint density at radius 1 is 1.58 bits per heavy atom. The number of nitro groups is 1. The summed E-state index contributed by atoms with van der Waals surface area (Å²) in [7, 11) is 1.54. The van der Waals surface area contributed by atoms with E-state index < -0.39 is 22.3 Å². The summed E-state index contributed by atoms with van der Waals surface area (Å²) in [5, 5.41) is 10.9. The van der Waals surface area contributed by atoms with Crippen LogP contribution in [0.4, 0.5) is 15.8 Å². The number of hydrogen-bond acceptors (Lipinski definition) is 4. The van der Waals surface area contributed by atoms with Crippen molar-refractivity contribution < 1.29 is 14.1 Å². The molecule has 104 valence electrons. The zero-order valence-electron chi connectivity index (χ0n) is 11.0. The Hall–Kier alpha value is -2.18. The molecule has 1 amide bonds. The SMILES string of the molecule is CCC(C)N(C)C(=O)c1cc(N)c(F)cc1[N+](=O)[O-]. The molecule has 7 heteroatoms. The van der Waals surface area contributed by atoms with Crippen molar-refractivity contribution in [1.29, 1.82) is 0 Å². The molecule has 0 heterocycles. The van der Waals surface area contributed by atoms with E-state index in [4.69, 9.17) is 5.73 Å². The van der Waals surface area contributed by atoms with Gasteiger partial charge in [0.1, 0.15) is 5.56 Å². The summed E-state index contributed by atoms with van der Waals surface area (Å²) in [6.07, 6.45) is 0.701. The molecule has 0 radical (unpaired) electrons. The van der Waals surface area contributed by atoms with Crippen LogP contribution >= 0.6 is 0 Å². The van der Waals surface area contributed by atoms with Crippen LogP contribution in [-0.4, -0.2) is 28.8 Å². The fraction of sp³-hybridized carbons (Fsp3) is 0.417. The Morgan fingerprint density at radius 2 is 2.16 bits per heavy atom. The first-order valence-corrected chi connectivity index (χ1v) is 5.80. The molecule has 0 spiro atoms. The second-order valence-electron chi connectivity index (χ2n) is 4.32. The third kappa shape index (κ3) is 2.98. The quantitative estimate of drug-likeness (QED) is 0.515. The predicted molar refractivity (Wildman–Crippen MR) is 69.3 cm³/mol. The average Bonchev–Trinajstić information content (AvgIpc) is 2.38. The van der Waals surface area contributed by atoms with E-state index in [0.29, 0.717) is 12.5 Å². The molecule has 1 unspecified atom stereocenters. The van der Waals surface area contributed by atoms with Gasteiger partial charge in [-0.25, -0.2) is 4.39 Å². The molecule has 2 N–H and O–H groups in total. The van der Waals surface area contributed by atoms with Crippen LogP contribution in [0.1, 0.15) is 30.6 Å². The maximum atomic E-state index is 13.3. The number of nitrogen functional groups attached to an aromatic ring is 1. The van der Waals surface area contributed by atoms with E-state index in [1.165, 1.54) is 4.90 Å². The first-order chi connectivity index (χ1) is 8.79. The predicted octanol–water partition coefficient (Wildman–Crippen LogP) is 2.19. The molecule has 0 aliphatic heterocycles. The van der Waals surface area contributed by atoms with E-state index in [0.717, 1.165) is 6.07 Å². The van der Waals surface area contributed by atoms with Crippen LogP contribution in [0.5, 0.6) is 0 Å². The molecule has 1 aromatic carbocycles. The van der Waals surface area contributed by atoms with E-state index in [2.05, 4.69) is 0 Å². The number of benzene rings is 1. The van der Waals surface area contributed by atoms with Crippen LogP contribution in [0.15, 0.2) is 12.1 Å². The number of hydrogen-bond donors (Lipinski definition) is 1. The number of carbonyl (C=O) groups is 1. The highest BCUT2D eigenvalue weighted by atomic mass is 19.1. The molecule has 1 aromatic rings. The third-order valence-corrected chi connectivity index (χ3v) is 3.11. The second-order valence-corrected chi connectivity index (χ2v) is 4.32. The summed E-state index contributed by atoms with van der Waals surface area (Å²) in [6.45, 7) is 3.71. The maximum absolute atomic E-state index is 13.3. The Bertz CT molecular complexity index is 519. The number of nitrogens with two attached hydrogens (primary N) is 1. The molecule has 1 atom stereocenters. The van der Waals surface area contributed by atoms with Crippen molar-refractivity contribution in [2.45, 2.75) is 26.3 Å². The summed E-state index contributed by atoms with van der Waals surface area (Å²) < 4.78 is 13.3. The highest BCUT2D eigenvalue weighted by Crippen LogP contribution is 2.26. The lowest BCUT2D eigenvalue weighted by Gasteiger charge is -2.23. The van der Waals surface area contributed by atoms with Crippen LogP contribution in [-0.2, 0) is 0 Å². The van der Waals surface area contributed by atoms with Crippen molar-refractivity contribution in [1.82, 2.24) is 4.90 Å². The molecule has 0 fully saturated rings. The van der Waals surface area contributed by atoms with Crippen LogP contribution in [0.3, 0.4) is 0 Å². The number of nitrogens with zero attached hydrogens (tertiary/aromatic N) is 2. The molecule has 6 nitrogen and oxygen atoms in total. The molecule has 0 bridgehead atoms. The molecule has 0 aliphatic rings. The summed E-state index contributed by atoms with van der Waals surface area (Å²) in [4.78, 5) is 23.6. The van der Waals surface area contributed by atoms with Crippen molar-refractivity contribution in [3.05, 3.63) is 33.6 Å². The summed E-state index contributed by atoms with van der Waals surface area (Å²) in [5.74, 6) is -1.46. The molecule has 1 rings (SSSR count).